The van der Waals surface area contributed by atoms with E-state index in [0.29, 0.717) is 25.9 Å². The Kier molecular flexibility index (Phi) is 8.19. The number of benzene rings is 1. The quantitative estimate of drug-likeness (QED) is 0.540. The highest BCUT2D eigenvalue weighted by Crippen LogP contribution is 2.19. The molecule has 172 valence electrons. The lowest BCUT2D eigenvalue weighted by atomic mass is 9.94. The van der Waals surface area contributed by atoms with Crippen molar-refractivity contribution in [3.8, 4) is 0 Å². The molecule has 10 heteroatoms. The minimum absolute atomic E-state index is 0.0891. The molecule has 9 nitrogen and oxygen atoms in total. The van der Waals surface area contributed by atoms with Crippen molar-refractivity contribution in [2.24, 2.45) is 11.8 Å². The number of hydrogen-bond donors (Lipinski definition) is 3. The summed E-state index contributed by atoms with van der Waals surface area (Å²) in [7, 11) is -3.83. The first kappa shape index (κ1) is 24.8. The van der Waals surface area contributed by atoms with E-state index < -0.39 is 28.1 Å². The van der Waals surface area contributed by atoms with Crippen LogP contribution in [0.15, 0.2) is 29.2 Å². The van der Waals surface area contributed by atoms with Gasteiger partial charge in [-0.3, -0.25) is 9.59 Å². The molecule has 1 aromatic rings. The second-order valence-corrected chi connectivity index (χ2v) is 10.0. The van der Waals surface area contributed by atoms with Crippen LogP contribution in [0.25, 0.3) is 0 Å². The van der Waals surface area contributed by atoms with Gasteiger partial charge >= 0.3 is 5.97 Å². The zero-order chi connectivity index (χ0) is 23.3. The van der Waals surface area contributed by atoms with Gasteiger partial charge in [-0.05, 0) is 44.7 Å². The molecule has 1 aromatic carbocycles. The fraction of sp³-hybridized carbons (Fsp3) is 0.571. The number of piperidine rings is 1. The number of aliphatic carboxylic acids is 1. The van der Waals surface area contributed by atoms with Crippen LogP contribution in [0.2, 0.25) is 0 Å². The van der Waals surface area contributed by atoms with E-state index in [0.717, 1.165) is 5.56 Å². The molecule has 0 saturated carbocycles. The third-order valence-corrected chi connectivity index (χ3v) is 7.00. The van der Waals surface area contributed by atoms with Gasteiger partial charge in [0.2, 0.25) is 21.8 Å². The van der Waals surface area contributed by atoms with Gasteiger partial charge in [0.25, 0.3) is 0 Å². The van der Waals surface area contributed by atoms with Crippen molar-refractivity contribution in [2.75, 3.05) is 13.1 Å². The van der Waals surface area contributed by atoms with Crippen LogP contribution >= 0.6 is 0 Å². The van der Waals surface area contributed by atoms with Crippen LogP contribution in [-0.4, -0.2) is 61.4 Å². The van der Waals surface area contributed by atoms with Gasteiger partial charge in [-0.1, -0.05) is 31.5 Å². The number of carboxylic acids is 1. The normalized spacial score (nSPS) is 17.3. The topological polar surface area (TPSA) is 133 Å². The highest BCUT2D eigenvalue weighted by Gasteiger charge is 2.33. The number of sulfonamides is 1. The van der Waals surface area contributed by atoms with E-state index in [1.807, 2.05) is 6.92 Å². The van der Waals surface area contributed by atoms with Crippen molar-refractivity contribution >= 4 is 27.8 Å². The van der Waals surface area contributed by atoms with Gasteiger partial charge in [0.1, 0.15) is 6.04 Å². The van der Waals surface area contributed by atoms with Crippen molar-refractivity contribution in [3.05, 3.63) is 29.8 Å². The first-order valence-electron chi connectivity index (χ1n) is 10.3. The molecular formula is C21H31N3O6S. The van der Waals surface area contributed by atoms with Gasteiger partial charge in [-0.25, -0.2) is 13.2 Å². The van der Waals surface area contributed by atoms with Crippen LogP contribution in [0.4, 0.5) is 0 Å². The summed E-state index contributed by atoms with van der Waals surface area (Å²) in [6.07, 6.45) is 0.777. The van der Waals surface area contributed by atoms with Crippen LogP contribution in [0.3, 0.4) is 0 Å². The van der Waals surface area contributed by atoms with Gasteiger partial charge in [0, 0.05) is 19.0 Å². The number of amides is 2. The summed E-state index contributed by atoms with van der Waals surface area (Å²) < 4.78 is 27.4. The number of carbonyl (C=O) groups is 3. The Morgan fingerprint density at radius 3 is 2.10 bits per heavy atom. The SMILES string of the molecule is Cc1ccc(S(=O)(=O)NC(C)C(=O)N2CCC(C(=O)NC(C(=O)O)C(C)C)CC2)cc1. The maximum absolute atomic E-state index is 12.7. The highest BCUT2D eigenvalue weighted by atomic mass is 32.2. The van der Waals surface area contributed by atoms with Crippen molar-refractivity contribution in [2.45, 2.75) is 57.5 Å². The predicted molar refractivity (Wildman–Crippen MR) is 115 cm³/mol. The van der Waals surface area contributed by atoms with E-state index in [1.165, 1.54) is 24.0 Å². The third kappa shape index (κ3) is 6.51. The average molecular weight is 454 g/mol. The van der Waals surface area contributed by atoms with Crippen LogP contribution in [0.1, 0.15) is 39.2 Å². The lowest BCUT2D eigenvalue weighted by Gasteiger charge is -2.33. The zero-order valence-electron chi connectivity index (χ0n) is 18.3. The molecule has 3 N–H and O–H groups in total. The Morgan fingerprint density at radius 1 is 1.06 bits per heavy atom. The fourth-order valence-corrected chi connectivity index (χ4v) is 4.69. The summed E-state index contributed by atoms with van der Waals surface area (Å²) in [4.78, 5) is 38.0. The fourth-order valence-electron chi connectivity index (χ4n) is 3.49. The molecule has 0 radical (unpaired) electrons. The van der Waals surface area contributed by atoms with Crippen LogP contribution in [-0.2, 0) is 24.4 Å². The summed E-state index contributed by atoms with van der Waals surface area (Å²) >= 11 is 0. The van der Waals surface area contributed by atoms with Crippen molar-refractivity contribution < 1.29 is 27.9 Å². The van der Waals surface area contributed by atoms with E-state index in [1.54, 1.807) is 26.0 Å². The van der Waals surface area contributed by atoms with Gasteiger partial charge in [-0.2, -0.15) is 4.72 Å². The van der Waals surface area contributed by atoms with Crippen LogP contribution in [0, 0.1) is 18.8 Å². The predicted octanol–water partition coefficient (Wildman–Crippen LogP) is 1.13. The number of carbonyl (C=O) groups excluding carboxylic acids is 2. The lowest BCUT2D eigenvalue weighted by molar-refractivity contribution is -0.144. The van der Waals surface area contributed by atoms with Crippen molar-refractivity contribution in [3.63, 3.8) is 0 Å². The molecule has 2 unspecified atom stereocenters. The van der Waals surface area contributed by atoms with E-state index in [4.69, 9.17) is 0 Å². The maximum Gasteiger partial charge on any atom is 0.326 e. The number of carboxylic acid groups (broad SMARTS) is 1. The second-order valence-electron chi connectivity index (χ2n) is 8.32. The Labute approximate surface area is 183 Å². The summed E-state index contributed by atoms with van der Waals surface area (Å²) in [6, 6.07) is 4.44. The molecule has 0 bridgehead atoms. The lowest BCUT2D eigenvalue weighted by Crippen LogP contribution is -2.52. The second kappa shape index (κ2) is 10.2. The Bertz CT molecular complexity index is 906. The molecule has 0 spiro atoms. The van der Waals surface area contributed by atoms with Crippen LogP contribution in [0.5, 0.6) is 0 Å². The standard InChI is InChI=1S/C21H31N3O6S/c1-13(2)18(21(27)28)22-19(25)16-9-11-24(12-10-16)20(26)15(4)23-31(29,30)17-7-5-14(3)6-8-17/h5-8,13,15-16,18,23H,9-12H2,1-4H3,(H,22,25)(H,27,28). The number of nitrogens with one attached hydrogen (secondary N) is 2. The third-order valence-electron chi connectivity index (χ3n) is 5.44. The molecule has 1 heterocycles. The molecule has 1 saturated heterocycles. The van der Waals surface area contributed by atoms with E-state index in [-0.39, 0.29) is 28.5 Å². The Balaban J connectivity index is 1.91. The number of likely N-dealkylation sites (tertiary alicyclic amines) is 1. The van der Waals surface area contributed by atoms with E-state index in [2.05, 4.69) is 10.0 Å². The zero-order valence-corrected chi connectivity index (χ0v) is 19.1. The van der Waals surface area contributed by atoms with Crippen molar-refractivity contribution in [1.82, 2.24) is 14.9 Å². The smallest absolute Gasteiger partial charge is 0.326 e. The largest absolute Gasteiger partial charge is 0.480 e. The molecule has 2 atom stereocenters. The molecule has 1 aliphatic heterocycles. The first-order valence-corrected chi connectivity index (χ1v) is 11.8. The van der Waals surface area contributed by atoms with Crippen molar-refractivity contribution in [1.29, 1.82) is 0 Å². The molecule has 0 aromatic heterocycles. The summed E-state index contributed by atoms with van der Waals surface area (Å²) in [5.74, 6) is -2.40. The number of aryl methyl sites for hydroxylation is 1. The number of hydrogen-bond acceptors (Lipinski definition) is 5. The van der Waals surface area contributed by atoms with Gasteiger partial charge in [0.05, 0.1) is 10.9 Å². The number of nitrogens with zero attached hydrogens (tertiary/aromatic N) is 1. The van der Waals surface area contributed by atoms with Crippen LogP contribution < -0.4 is 10.0 Å². The Morgan fingerprint density at radius 2 is 1.61 bits per heavy atom. The summed E-state index contributed by atoms with van der Waals surface area (Å²) in [5, 5.41) is 11.8. The first-order chi connectivity index (χ1) is 14.4. The molecular weight excluding hydrogens is 422 g/mol. The minimum atomic E-state index is -3.83. The number of rotatable bonds is 8. The average Bonchev–Trinajstić information content (AvgIpc) is 2.70. The summed E-state index contributed by atoms with van der Waals surface area (Å²) in [6.45, 7) is 7.39. The maximum atomic E-state index is 12.7. The van der Waals surface area contributed by atoms with Gasteiger partial charge < -0.3 is 15.3 Å². The molecule has 1 aliphatic rings. The van der Waals surface area contributed by atoms with E-state index >= 15 is 0 Å². The highest BCUT2D eigenvalue weighted by molar-refractivity contribution is 7.89. The van der Waals surface area contributed by atoms with Gasteiger partial charge in [-0.15, -0.1) is 0 Å². The molecule has 2 rings (SSSR count). The minimum Gasteiger partial charge on any atom is -0.480 e. The molecule has 0 aliphatic carbocycles. The molecule has 1 fully saturated rings. The van der Waals surface area contributed by atoms with Gasteiger partial charge in [0.15, 0.2) is 0 Å². The summed E-state index contributed by atoms with van der Waals surface area (Å²) in [5.41, 5.74) is 0.929. The monoisotopic (exact) mass is 453 g/mol. The van der Waals surface area contributed by atoms with E-state index in [9.17, 15) is 27.9 Å². The Hall–Kier alpha value is -2.46. The molecule has 31 heavy (non-hydrogen) atoms. The molecule has 2 amide bonds.